The SMILES string of the molecule is CCOC(=O)CC(C)C[C@@H]1O[C@H](CO)[C@H](O)[C@H](O)[C@H]1O. The van der Waals surface area contributed by atoms with E-state index in [2.05, 4.69) is 0 Å². The zero-order valence-corrected chi connectivity index (χ0v) is 11.8. The molecule has 1 saturated heterocycles. The third-order valence-electron chi connectivity index (χ3n) is 3.45. The molecule has 1 aliphatic rings. The highest BCUT2D eigenvalue weighted by Gasteiger charge is 2.43. The van der Waals surface area contributed by atoms with Crippen molar-refractivity contribution in [2.75, 3.05) is 13.2 Å². The Morgan fingerprint density at radius 3 is 2.35 bits per heavy atom. The van der Waals surface area contributed by atoms with Gasteiger partial charge in [0.2, 0.25) is 0 Å². The van der Waals surface area contributed by atoms with Crippen molar-refractivity contribution in [1.29, 1.82) is 0 Å². The second-order valence-electron chi connectivity index (χ2n) is 5.22. The summed E-state index contributed by atoms with van der Waals surface area (Å²) in [5.41, 5.74) is 0. The van der Waals surface area contributed by atoms with Crippen molar-refractivity contribution in [2.45, 2.75) is 57.2 Å². The number of esters is 1. The molecule has 118 valence electrons. The number of hydrogen-bond donors (Lipinski definition) is 4. The summed E-state index contributed by atoms with van der Waals surface area (Å²) in [4.78, 5) is 11.4. The van der Waals surface area contributed by atoms with Gasteiger partial charge in [-0.05, 0) is 19.3 Å². The molecule has 1 unspecified atom stereocenters. The van der Waals surface area contributed by atoms with Gasteiger partial charge < -0.3 is 29.9 Å². The van der Waals surface area contributed by atoms with Gasteiger partial charge in [0, 0.05) is 6.42 Å². The van der Waals surface area contributed by atoms with Crippen LogP contribution in [0.4, 0.5) is 0 Å². The monoisotopic (exact) mass is 292 g/mol. The van der Waals surface area contributed by atoms with Crippen molar-refractivity contribution in [3.05, 3.63) is 0 Å². The Kier molecular flexibility index (Phi) is 6.84. The highest BCUT2D eigenvalue weighted by molar-refractivity contribution is 5.69. The van der Waals surface area contributed by atoms with Crippen molar-refractivity contribution in [2.24, 2.45) is 5.92 Å². The molecule has 0 aromatic heterocycles. The van der Waals surface area contributed by atoms with Gasteiger partial charge in [-0.25, -0.2) is 0 Å². The van der Waals surface area contributed by atoms with Gasteiger partial charge >= 0.3 is 5.97 Å². The number of carbonyl (C=O) groups is 1. The van der Waals surface area contributed by atoms with Gasteiger partial charge in [0.25, 0.3) is 0 Å². The van der Waals surface area contributed by atoms with Crippen LogP contribution in [0.3, 0.4) is 0 Å². The minimum atomic E-state index is -1.37. The number of hydrogen-bond acceptors (Lipinski definition) is 7. The summed E-state index contributed by atoms with van der Waals surface area (Å²) in [7, 11) is 0. The lowest BCUT2D eigenvalue weighted by Crippen LogP contribution is -2.58. The van der Waals surface area contributed by atoms with E-state index in [1.807, 2.05) is 0 Å². The fourth-order valence-electron chi connectivity index (χ4n) is 2.36. The van der Waals surface area contributed by atoms with Crippen LogP contribution >= 0.6 is 0 Å². The molecule has 1 rings (SSSR count). The van der Waals surface area contributed by atoms with E-state index in [1.54, 1.807) is 13.8 Å². The molecule has 0 radical (unpaired) electrons. The first-order valence-corrected chi connectivity index (χ1v) is 6.86. The fraction of sp³-hybridized carbons (Fsp3) is 0.923. The van der Waals surface area contributed by atoms with Crippen LogP contribution in [0.15, 0.2) is 0 Å². The van der Waals surface area contributed by atoms with E-state index < -0.39 is 37.1 Å². The lowest BCUT2D eigenvalue weighted by atomic mass is 9.89. The molecule has 0 saturated carbocycles. The predicted octanol–water partition coefficient (Wildman–Crippen LogP) is -1.19. The summed E-state index contributed by atoms with van der Waals surface area (Å²) < 4.78 is 10.2. The van der Waals surface area contributed by atoms with E-state index >= 15 is 0 Å². The Morgan fingerprint density at radius 2 is 1.80 bits per heavy atom. The van der Waals surface area contributed by atoms with Crippen LogP contribution in [-0.2, 0) is 14.3 Å². The first kappa shape index (κ1) is 17.3. The van der Waals surface area contributed by atoms with E-state index in [0.29, 0.717) is 13.0 Å². The second kappa shape index (κ2) is 7.90. The van der Waals surface area contributed by atoms with Gasteiger partial charge in [-0.2, -0.15) is 0 Å². The minimum absolute atomic E-state index is 0.115. The molecular formula is C13H24O7. The predicted molar refractivity (Wildman–Crippen MR) is 68.8 cm³/mol. The molecule has 0 aromatic carbocycles. The molecule has 7 heteroatoms. The molecule has 0 amide bonds. The van der Waals surface area contributed by atoms with Gasteiger partial charge in [0.15, 0.2) is 0 Å². The summed E-state index contributed by atoms with van der Waals surface area (Å²) in [5.74, 6) is -0.444. The van der Waals surface area contributed by atoms with E-state index in [0.717, 1.165) is 0 Å². The standard InChI is InChI=1S/C13H24O7/c1-3-19-10(15)5-7(2)4-8-11(16)13(18)12(17)9(6-14)20-8/h7-9,11-14,16-18H,3-6H2,1-2H3/t7?,8-,9+,11-,12-,13+/m0/s1. The van der Waals surface area contributed by atoms with Crippen molar-refractivity contribution in [1.82, 2.24) is 0 Å². The zero-order chi connectivity index (χ0) is 15.3. The highest BCUT2D eigenvalue weighted by Crippen LogP contribution is 2.26. The van der Waals surface area contributed by atoms with Crippen molar-refractivity contribution < 1.29 is 34.7 Å². The molecule has 4 N–H and O–H groups in total. The molecule has 20 heavy (non-hydrogen) atoms. The maximum absolute atomic E-state index is 11.4. The number of rotatable bonds is 6. The second-order valence-corrected chi connectivity index (χ2v) is 5.22. The molecule has 1 aliphatic heterocycles. The quantitative estimate of drug-likeness (QED) is 0.455. The van der Waals surface area contributed by atoms with Gasteiger partial charge in [0.1, 0.15) is 24.4 Å². The Hall–Kier alpha value is -0.730. The lowest BCUT2D eigenvalue weighted by Gasteiger charge is -2.40. The third-order valence-corrected chi connectivity index (χ3v) is 3.45. The maximum Gasteiger partial charge on any atom is 0.306 e. The molecule has 0 aromatic rings. The molecule has 0 spiro atoms. The molecule has 7 nitrogen and oxygen atoms in total. The Labute approximate surface area is 118 Å². The van der Waals surface area contributed by atoms with Gasteiger partial charge in [-0.15, -0.1) is 0 Å². The Balaban J connectivity index is 2.55. The van der Waals surface area contributed by atoms with E-state index in [4.69, 9.17) is 14.6 Å². The number of aliphatic hydroxyl groups excluding tert-OH is 4. The van der Waals surface area contributed by atoms with Gasteiger partial charge in [-0.1, -0.05) is 6.92 Å². The summed E-state index contributed by atoms with van der Waals surface area (Å²) in [6, 6.07) is 0. The molecule has 0 bridgehead atoms. The van der Waals surface area contributed by atoms with Crippen LogP contribution in [0.5, 0.6) is 0 Å². The van der Waals surface area contributed by atoms with E-state index in [-0.39, 0.29) is 18.3 Å². The molecule has 6 atom stereocenters. The molecule has 1 fully saturated rings. The largest absolute Gasteiger partial charge is 0.466 e. The van der Waals surface area contributed by atoms with E-state index in [1.165, 1.54) is 0 Å². The molecule has 0 aliphatic carbocycles. The topological polar surface area (TPSA) is 116 Å². The first-order valence-electron chi connectivity index (χ1n) is 6.86. The first-order chi connectivity index (χ1) is 9.40. The third kappa shape index (κ3) is 4.39. The minimum Gasteiger partial charge on any atom is -0.466 e. The number of ether oxygens (including phenoxy) is 2. The summed E-state index contributed by atoms with van der Waals surface area (Å²) in [6.07, 6.45) is -5.13. The van der Waals surface area contributed by atoms with Crippen LogP contribution in [0.2, 0.25) is 0 Å². The fourth-order valence-corrected chi connectivity index (χ4v) is 2.36. The summed E-state index contributed by atoms with van der Waals surface area (Å²) >= 11 is 0. The van der Waals surface area contributed by atoms with Crippen LogP contribution < -0.4 is 0 Å². The van der Waals surface area contributed by atoms with Gasteiger partial charge in [-0.3, -0.25) is 4.79 Å². The number of carbonyl (C=O) groups excluding carboxylic acids is 1. The average Bonchev–Trinajstić information content (AvgIpc) is 2.39. The normalized spacial score (nSPS) is 35.6. The van der Waals surface area contributed by atoms with Crippen LogP contribution in [0, 0.1) is 5.92 Å². The average molecular weight is 292 g/mol. The summed E-state index contributed by atoms with van der Waals surface area (Å²) in [6.45, 7) is 3.39. The lowest BCUT2D eigenvalue weighted by molar-refractivity contribution is -0.232. The number of aliphatic hydroxyl groups is 4. The van der Waals surface area contributed by atoms with Gasteiger partial charge in [0.05, 0.1) is 19.3 Å². The summed E-state index contributed by atoms with van der Waals surface area (Å²) in [5, 5.41) is 38.3. The molecular weight excluding hydrogens is 268 g/mol. The van der Waals surface area contributed by atoms with Crippen LogP contribution in [-0.4, -0.2) is 70.1 Å². The zero-order valence-electron chi connectivity index (χ0n) is 11.8. The van der Waals surface area contributed by atoms with Crippen molar-refractivity contribution >= 4 is 5.97 Å². The maximum atomic E-state index is 11.4. The van der Waals surface area contributed by atoms with Crippen molar-refractivity contribution in [3.8, 4) is 0 Å². The smallest absolute Gasteiger partial charge is 0.306 e. The Bertz CT molecular complexity index is 307. The highest BCUT2D eigenvalue weighted by atomic mass is 16.5. The Morgan fingerprint density at radius 1 is 1.20 bits per heavy atom. The van der Waals surface area contributed by atoms with Crippen LogP contribution in [0.25, 0.3) is 0 Å². The van der Waals surface area contributed by atoms with Crippen LogP contribution in [0.1, 0.15) is 26.7 Å². The van der Waals surface area contributed by atoms with E-state index in [9.17, 15) is 20.1 Å². The molecule has 1 heterocycles. The van der Waals surface area contributed by atoms with Crippen molar-refractivity contribution in [3.63, 3.8) is 0 Å².